The second-order valence-corrected chi connectivity index (χ2v) is 10.3. The number of halogens is 4. The minimum atomic E-state index is -2.90. The van der Waals surface area contributed by atoms with Gasteiger partial charge in [-0.05, 0) is 31.2 Å². The first-order valence-corrected chi connectivity index (χ1v) is 12.9. The van der Waals surface area contributed by atoms with Crippen molar-refractivity contribution in [3.05, 3.63) is 80.1 Å². The molecule has 0 saturated carbocycles. The summed E-state index contributed by atoms with van der Waals surface area (Å²) in [5.41, 5.74) is 1.91. The van der Waals surface area contributed by atoms with Crippen LogP contribution in [-0.4, -0.2) is 43.8 Å². The standard InChI is InChI=1S/C25H18Cl2F2N6O3S/c1-11-5-12(13-6-20(27)31-8-18(13)38-2)14(7-30-11)23(36)34-25-33-17-9-35(10-19(17)39-25)24(37)16-4-3-15(26)21(32-16)22(28)29/h3-8,22H,9-10H2,1-2H3,(H,33,34,36). The van der Waals surface area contributed by atoms with E-state index >= 15 is 0 Å². The summed E-state index contributed by atoms with van der Waals surface area (Å²) in [4.78, 5) is 44.8. The fraction of sp³-hybridized carbons (Fsp3) is 0.200. The van der Waals surface area contributed by atoms with E-state index in [1.165, 1.54) is 47.9 Å². The largest absolute Gasteiger partial charge is 0.494 e. The van der Waals surface area contributed by atoms with Crippen LogP contribution in [0.15, 0.2) is 36.7 Å². The Morgan fingerprint density at radius 2 is 1.90 bits per heavy atom. The van der Waals surface area contributed by atoms with E-state index in [9.17, 15) is 18.4 Å². The van der Waals surface area contributed by atoms with Gasteiger partial charge in [0.2, 0.25) is 0 Å². The van der Waals surface area contributed by atoms with E-state index in [1.54, 1.807) is 19.1 Å². The zero-order valence-corrected chi connectivity index (χ0v) is 22.7. The number of nitrogens with zero attached hydrogens (tertiary/aromatic N) is 5. The summed E-state index contributed by atoms with van der Waals surface area (Å²) in [5, 5.41) is 3.17. The first-order valence-electron chi connectivity index (χ1n) is 11.3. The summed E-state index contributed by atoms with van der Waals surface area (Å²) >= 11 is 13.1. The van der Waals surface area contributed by atoms with Gasteiger partial charge in [-0.2, -0.15) is 0 Å². The summed E-state index contributed by atoms with van der Waals surface area (Å²) in [6.45, 7) is 2.13. The van der Waals surface area contributed by atoms with Gasteiger partial charge in [-0.15, -0.1) is 0 Å². The van der Waals surface area contributed by atoms with Gasteiger partial charge in [0.15, 0.2) is 5.13 Å². The van der Waals surface area contributed by atoms with E-state index in [0.29, 0.717) is 33.4 Å². The number of fused-ring (bicyclic) bond motifs is 1. The van der Waals surface area contributed by atoms with E-state index in [4.69, 9.17) is 27.9 Å². The van der Waals surface area contributed by atoms with Crippen LogP contribution in [-0.2, 0) is 13.1 Å². The molecule has 0 bridgehead atoms. The lowest BCUT2D eigenvalue weighted by Crippen LogP contribution is -2.26. The molecule has 9 nitrogen and oxygen atoms in total. The summed E-state index contributed by atoms with van der Waals surface area (Å²) < 4.78 is 31.7. The lowest BCUT2D eigenvalue weighted by atomic mass is 10.0. The molecular formula is C25H18Cl2F2N6O3S. The molecule has 0 fully saturated rings. The number of carbonyl (C=O) groups is 2. The maximum Gasteiger partial charge on any atom is 0.281 e. The van der Waals surface area contributed by atoms with E-state index in [0.717, 1.165) is 4.88 Å². The van der Waals surface area contributed by atoms with Gasteiger partial charge in [0.05, 0.1) is 47.6 Å². The summed E-state index contributed by atoms with van der Waals surface area (Å²) in [5.74, 6) is -0.532. The SMILES string of the molecule is COc1cnc(Cl)cc1-c1cc(C)ncc1C(=O)Nc1nc2c(s1)CN(C(=O)c1ccc(Cl)c(C(F)F)n1)C2. The molecule has 4 aromatic rings. The highest BCUT2D eigenvalue weighted by Crippen LogP contribution is 2.36. The minimum Gasteiger partial charge on any atom is -0.494 e. The Kier molecular flexibility index (Phi) is 7.43. The van der Waals surface area contributed by atoms with Crippen molar-refractivity contribution in [3.8, 4) is 16.9 Å². The van der Waals surface area contributed by atoms with Crippen LogP contribution in [0.5, 0.6) is 5.75 Å². The predicted molar refractivity (Wildman–Crippen MR) is 142 cm³/mol. The molecule has 0 aromatic carbocycles. The van der Waals surface area contributed by atoms with Crippen LogP contribution in [0.25, 0.3) is 11.1 Å². The van der Waals surface area contributed by atoms with Crippen molar-refractivity contribution >= 4 is 51.5 Å². The molecule has 5 rings (SSSR count). The van der Waals surface area contributed by atoms with Gasteiger partial charge in [-0.1, -0.05) is 34.5 Å². The van der Waals surface area contributed by atoms with E-state index in [1.807, 2.05) is 0 Å². The molecule has 0 spiro atoms. The van der Waals surface area contributed by atoms with E-state index in [-0.39, 0.29) is 34.5 Å². The van der Waals surface area contributed by atoms with Crippen molar-refractivity contribution < 1.29 is 23.1 Å². The second kappa shape index (κ2) is 10.8. The molecule has 1 aliphatic rings. The summed E-state index contributed by atoms with van der Waals surface area (Å²) in [6.07, 6.45) is 0.0306. The van der Waals surface area contributed by atoms with Crippen LogP contribution < -0.4 is 10.1 Å². The van der Waals surface area contributed by atoms with Crippen LogP contribution in [0, 0.1) is 6.92 Å². The normalized spacial score (nSPS) is 12.5. The number of aromatic nitrogens is 4. The van der Waals surface area contributed by atoms with Crippen molar-refractivity contribution in [1.29, 1.82) is 0 Å². The van der Waals surface area contributed by atoms with E-state index < -0.39 is 23.9 Å². The molecule has 14 heteroatoms. The third-order valence-corrected chi connectivity index (χ3v) is 7.41. The number of aryl methyl sites for hydroxylation is 1. The molecule has 39 heavy (non-hydrogen) atoms. The van der Waals surface area contributed by atoms with Crippen molar-refractivity contribution in [2.45, 2.75) is 26.4 Å². The smallest absolute Gasteiger partial charge is 0.281 e. The molecule has 2 amide bonds. The van der Waals surface area contributed by atoms with E-state index in [2.05, 4.69) is 25.3 Å². The quantitative estimate of drug-likeness (QED) is 0.276. The molecule has 0 saturated heterocycles. The number of methoxy groups -OCH3 is 1. The lowest BCUT2D eigenvalue weighted by molar-refractivity contribution is 0.0743. The molecule has 1 N–H and O–H groups in total. The van der Waals surface area contributed by atoms with Gasteiger partial charge < -0.3 is 9.64 Å². The number of alkyl halides is 2. The van der Waals surface area contributed by atoms with Gasteiger partial charge in [-0.3, -0.25) is 19.9 Å². The minimum absolute atomic E-state index is 0.135. The van der Waals surface area contributed by atoms with Crippen molar-refractivity contribution in [2.75, 3.05) is 12.4 Å². The summed E-state index contributed by atoms with van der Waals surface area (Å²) in [7, 11) is 1.49. The Balaban J connectivity index is 1.34. The Morgan fingerprint density at radius 3 is 2.62 bits per heavy atom. The molecular weight excluding hydrogens is 573 g/mol. The highest BCUT2D eigenvalue weighted by molar-refractivity contribution is 7.16. The van der Waals surface area contributed by atoms with Crippen LogP contribution in [0.2, 0.25) is 10.2 Å². The van der Waals surface area contributed by atoms with Crippen molar-refractivity contribution in [1.82, 2.24) is 24.8 Å². The Morgan fingerprint density at radius 1 is 1.10 bits per heavy atom. The first-order chi connectivity index (χ1) is 18.6. The fourth-order valence-corrected chi connectivity index (χ4v) is 5.38. The van der Waals surface area contributed by atoms with Gasteiger partial charge in [-0.25, -0.2) is 23.7 Å². The number of carbonyl (C=O) groups excluding carboxylic acids is 2. The average Bonchev–Trinajstić information content (AvgIpc) is 3.47. The number of pyridine rings is 3. The highest BCUT2D eigenvalue weighted by atomic mass is 35.5. The predicted octanol–water partition coefficient (Wildman–Crippen LogP) is 5.96. The number of rotatable bonds is 6. The third-order valence-electron chi connectivity index (χ3n) is 5.89. The zero-order chi connectivity index (χ0) is 27.8. The number of ether oxygens (including phenoxy) is 1. The molecule has 200 valence electrons. The van der Waals surface area contributed by atoms with Crippen LogP contribution >= 0.6 is 34.5 Å². The fourth-order valence-electron chi connectivity index (χ4n) is 4.05. The van der Waals surface area contributed by atoms with Gasteiger partial charge in [0.25, 0.3) is 18.2 Å². The van der Waals surface area contributed by atoms with Crippen molar-refractivity contribution in [3.63, 3.8) is 0 Å². The maximum absolute atomic E-state index is 13.3. The monoisotopic (exact) mass is 590 g/mol. The van der Waals surface area contributed by atoms with Gasteiger partial charge in [0, 0.05) is 23.0 Å². The topological polar surface area (TPSA) is 110 Å². The van der Waals surface area contributed by atoms with Gasteiger partial charge >= 0.3 is 0 Å². The highest BCUT2D eigenvalue weighted by Gasteiger charge is 2.30. The van der Waals surface area contributed by atoms with Crippen LogP contribution in [0.1, 0.15) is 49.2 Å². The second-order valence-electron chi connectivity index (χ2n) is 8.45. The Labute approximate surface area is 234 Å². The summed E-state index contributed by atoms with van der Waals surface area (Å²) in [6, 6.07) is 5.89. The number of hydrogen-bond acceptors (Lipinski definition) is 8. The van der Waals surface area contributed by atoms with Crippen molar-refractivity contribution in [2.24, 2.45) is 0 Å². The van der Waals surface area contributed by atoms with Crippen LogP contribution in [0.3, 0.4) is 0 Å². The third kappa shape index (κ3) is 5.40. The number of nitrogens with one attached hydrogen (secondary N) is 1. The number of hydrogen-bond donors (Lipinski definition) is 1. The van der Waals surface area contributed by atoms with Gasteiger partial charge in [0.1, 0.15) is 22.3 Å². The molecule has 0 atom stereocenters. The number of anilines is 1. The number of amides is 2. The molecule has 0 radical (unpaired) electrons. The molecule has 4 aromatic heterocycles. The lowest BCUT2D eigenvalue weighted by Gasteiger charge is -2.16. The zero-order valence-electron chi connectivity index (χ0n) is 20.3. The molecule has 0 aliphatic carbocycles. The Bertz CT molecular complexity index is 1590. The van der Waals surface area contributed by atoms with Crippen LogP contribution in [0.4, 0.5) is 13.9 Å². The molecule has 0 unspecified atom stereocenters. The first kappa shape index (κ1) is 26.9. The number of thiazole rings is 1. The Hall–Kier alpha value is -3.74. The average molecular weight is 591 g/mol. The maximum atomic E-state index is 13.3. The molecule has 1 aliphatic heterocycles. The molecule has 5 heterocycles.